The standard InChI is InChI=1S/C24H17NO5/c26-21(17-10-9-16-11-15-5-1-2-6-18(15)19(16)12-17)14-29-23(27)13-25-20-7-3-4-8-22(20)30-24(25)28/h1-10,12H,11,13-14H2. The zero-order valence-corrected chi connectivity index (χ0v) is 16.0. The number of esters is 1. The van der Waals surface area contributed by atoms with E-state index in [0.29, 0.717) is 16.7 Å². The Labute approximate surface area is 171 Å². The van der Waals surface area contributed by atoms with Crippen molar-refractivity contribution in [3.05, 3.63) is 94.0 Å². The SMILES string of the molecule is O=C(Cn1c(=O)oc2ccccc21)OCC(=O)c1ccc2c(c1)-c1ccccc1C2. The third kappa shape index (κ3) is 3.12. The molecule has 5 rings (SSSR count). The number of nitrogens with zero attached hydrogens (tertiary/aromatic N) is 1. The van der Waals surface area contributed by atoms with E-state index in [-0.39, 0.29) is 18.9 Å². The van der Waals surface area contributed by atoms with Crippen molar-refractivity contribution in [1.29, 1.82) is 0 Å². The van der Waals surface area contributed by atoms with Crippen molar-refractivity contribution in [3.63, 3.8) is 0 Å². The molecule has 6 heteroatoms. The van der Waals surface area contributed by atoms with Crippen LogP contribution in [0.25, 0.3) is 22.2 Å². The number of aromatic nitrogens is 1. The molecule has 1 aliphatic rings. The second-order valence-electron chi connectivity index (χ2n) is 7.21. The molecule has 0 radical (unpaired) electrons. The number of fused-ring (bicyclic) bond motifs is 4. The summed E-state index contributed by atoms with van der Waals surface area (Å²) in [7, 11) is 0. The Balaban J connectivity index is 1.28. The minimum atomic E-state index is -0.677. The minimum Gasteiger partial charge on any atom is -0.456 e. The average Bonchev–Trinajstić information content (AvgIpc) is 3.29. The molecule has 0 amide bonds. The summed E-state index contributed by atoms with van der Waals surface area (Å²) in [5, 5.41) is 0. The first kappa shape index (κ1) is 18.1. The van der Waals surface area contributed by atoms with Gasteiger partial charge in [0.1, 0.15) is 6.54 Å². The first-order chi connectivity index (χ1) is 14.6. The molecule has 0 unspecified atom stereocenters. The summed E-state index contributed by atoms with van der Waals surface area (Å²) in [6.45, 7) is -0.704. The number of carbonyl (C=O) groups excluding carboxylic acids is 2. The van der Waals surface area contributed by atoms with Crippen LogP contribution in [0, 0.1) is 0 Å². The number of rotatable bonds is 5. The molecule has 0 N–H and O–H groups in total. The van der Waals surface area contributed by atoms with E-state index in [0.717, 1.165) is 17.5 Å². The molecule has 0 atom stereocenters. The van der Waals surface area contributed by atoms with E-state index in [2.05, 4.69) is 6.07 Å². The van der Waals surface area contributed by atoms with Gasteiger partial charge in [0.25, 0.3) is 0 Å². The lowest BCUT2D eigenvalue weighted by atomic mass is 10.0. The largest absolute Gasteiger partial charge is 0.456 e. The molecule has 0 saturated heterocycles. The topological polar surface area (TPSA) is 78.5 Å². The Morgan fingerprint density at radius 2 is 1.70 bits per heavy atom. The third-order valence-corrected chi connectivity index (χ3v) is 5.35. The lowest BCUT2D eigenvalue weighted by molar-refractivity contribution is -0.143. The molecule has 4 aromatic rings. The molecule has 1 aromatic heterocycles. The van der Waals surface area contributed by atoms with Crippen LogP contribution >= 0.6 is 0 Å². The molecule has 1 aliphatic carbocycles. The van der Waals surface area contributed by atoms with Crippen LogP contribution in [0.1, 0.15) is 21.5 Å². The van der Waals surface area contributed by atoms with Crippen LogP contribution in [-0.4, -0.2) is 22.9 Å². The zero-order valence-electron chi connectivity index (χ0n) is 16.0. The number of ketones is 1. The number of Topliss-reactive ketones (excluding diaryl/α,β-unsaturated/α-hetero) is 1. The highest BCUT2D eigenvalue weighted by molar-refractivity contribution is 5.99. The van der Waals surface area contributed by atoms with Crippen molar-refractivity contribution in [2.45, 2.75) is 13.0 Å². The summed E-state index contributed by atoms with van der Waals surface area (Å²) >= 11 is 0. The van der Waals surface area contributed by atoms with E-state index in [1.807, 2.05) is 30.3 Å². The van der Waals surface area contributed by atoms with Crippen LogP contribution in [0.5, 0.6) is 0 Å². The Bertz CT molecular complexity index is 1360. The van der Waals surface area contributed by atoms with E-state index in [1.54, 1.807) is 30.3 Å². The van der Waals surface area contributed by atoms with Crippen molar-refractivity contribution < 1.29 is 18.7 Å². The van der Waals surface area contributed by atoms with Crippen LogP contribution in [-0.2, 0) is 22.5 Å². The van der Waals surface area contributed by atoms with Crippen molar-refractivity contribution >= 4 is 22.9 Å². The molecule has 0 saturated carbocycles. The number of carbonyl (C=O) groups is 2. The monoisotopic (exact) mass is 399 g/mol. The predicted octanol–water partition coefficient (Wildman–Crippen LogP) is 3.59. The van der Waals surface area contributed by atoms with E-state index < -0.39 is 11.7 Å². The number of hydrogen-bond acceptors (Lipinski definition) is 5. The maximum atomic E-state index is 12.6. The summed E-state index contributed by atoms with van der Waals surface area (Å²) in [5.41, 5.74) is 5.97. The molecule has 30 heavy (non-hydrogen) atoms. The van der Waals surface area contributed by atoms with Gasteiger partial charge in [-0.25, -0.2) is 4.79 Å². The average molecular weight is 399 g/mol. The number of benzene rings is 3. The number of para-hydroxylation sites is 2. The van der Waals surface area contributed by atoms with Gasteiger partial charge in [0.05, 0.1) is 5.52 Å². The van der Waals surface area contributed by atoms with Gasteiger partial charge in [-0.2, -0.15) is 0 Å². The molecule has 3 aromatic carbocycles. The summed E-state index contributed by atoms with van der Waals surface area (Å²) in [6, 6.07) is 20.5. The van der Waals surface area contributed by atoms with Crippen molar-refractivity contribution in [2.24, 2.45) is 0 Å². The van der Waals surface area contributed by atoms with Crippen molar-refractivity contribution in [3.8, 4) is 11.1 Å². The molecular formula is C24H17NO5. The summed E-state index contributed by atoms with van der Waals surface area (Å²) < 4.78 is 11.4. The molecule has 1 heterocycles. The number of ether oxygens (including phenoxy) is 1. The fourth-order valence-electron chi connectivity index (χ4n) is 3.86. The Hall–Kier alpha value is -3.93. The highest BCUT2D eigenvalue weighted by Gasteiger charge is 2.20. The first-order valence-corrected chi connectivity index (χ1v) is 9.58. The zero-order chi connectivity index (χ0) is 20.7. The Morgan fingerprint density at radius 3 is 2.60 bits per heavy atom. The molecule has 6 nitrogen and oxygen atoms in total. The van der Waals surface area contributed by atoms with Crippen LogP contribution in [0.15, 0.2) is 75.9 Å². The molecule has 0 fully saturated rings. The second kappa shape index (κ2) is 7.15. The fraction of sp³-hybridized carbons (Fsp3) is 0.125. The van der Waals surface area contributed by atoms with E-state index in [1.165, 1.54) is 15.7 Å². The first-order valence-electron chi connectivity index (χ1n) is 9.58. The number of hydrogen-bond donors (Lipinski definition) is 0. The maximum absolute atomic E-state index is 12.6. The second-order valence-corrected chi connectivity index (χ2v) is 7.21. The lowest BCUT2D eigenvalue weighted by Gasteiger charge is -2.07. The number of oxazole rings is 1. The molecule has 0 spiro atoms. The molecular weight excluding hydrogens is 382 g/mol. The van der Waals surface area contributed by atoms with Gasteiger partial charge in [-0.15, -0.1) is 0 Å². The normalized spacial score (nSPS) is 11.9. The van der Waals surface area contributed by atoms with Crippen LogP contribution in [0.4, 0.5) is 0 Å². The summed E-state index contributed by atoms with van der Waals surface area (Å²) in [5.74, 6) is -1.61. The van der Waals surface area contributed by atoms with E-state index >= 15 is 0 Å². The lowest BCUT2D eigenvalue weighted by Crippen LogP contribution is -2.23. The summed E-state index contributed by atoms with van der Waals surface area (Å²) in [4.78, 5) is 36.8. The van der Waals surface area contributed by atoms with Crippen molar-refractivity contribution in [1.82, 2.24) is 4.57 Å². The highest BCUT2D eigenvalue weighted by Crippen LogP contribution is 2.36. The van der Waals surface area contributed by atoms with Gasteiger partial charge in [-0.3, -0.25) is 14.2 Å². The summed E-state index contributed by atoms with van der Waals surface area (Å²) in [6.07, 6.45) is 0.850. The quantitative estimate of drug-likeness (QED) is 0.333. The van der Waals surface area contributed by atoms with E-state index in [4.69, 9.17) is 9.15 Å². The predicted molar refractivity (Wildman–Crippen MR) is 110 cm³/mol. The molecule has 0 bridgehead atoms. The van der Waals surface area contributed by atoms with Gasteiger partial charge in [-0.05, 0) is 46.9 Å². The van der Waals surface area contributed by atoms with Crippen LogP contribution in [0.3, 0.4) is 0 Å². The molecule has 0 aliphatic heterocycles. The van der Waals surface area contributed by atoms with Crippen LogP contribution < -0.4 is 5.76 Å². The Morgan fingerprint density at radius 1 is 0.933 bits per heavy atom. The van der Waals surface area contributed by atoms with E-state index in [9.17, 15) is 14.4 Å². The maximum Gasteiger partial charge on any atom is 0.420 e. The third-order valence-electron chi connectivity index (χ3n) is 5.35. The Kier molecular flexibility index (Phi) is 4.32. The van der Waals surface area contributed by atoms with Gasteiger partial charge in [0, 0.05) is 5.56 Å². The minimum absolute atomic E-state index is 0.292. The fourth-order valence-corrected chi connectivity index (χ4v) is 3.86. The van der Waals surface area contributed by atoms with Crippen molar-refractivity contribution in [2.75, 3.05) is 6.61 Å². The van der Waals surface area contributed by atoms with Gasteiger partial charge < -0.3 is 9.15 Å². The van der Waals surface area contributed by atoms with Gasteiger partial charge in [0.15, 0.2) is 18.0 Å². The van der Waals surface area contributed by atoms with Gasteiger partial charge in [0.2, 0.25) is 0 Å². The molecule has 148 valence electrons. The van der Waals surface area contributed by atoms with Gasteiger partial charge >= 0.3 is 11.7 Å². The highest BCUT2D eigenvalue weighted by atomic mass is 16.5. The van der Waals surface area contributed by atoms with Crippen LogP contribution in [0.2, 0.25) is 0 Å². The van der Waals surface area contributed by atoms with Gasteiger partial charge in [-0.1, -0.05) is 48.5 Å². The smallest absolute Gasteiger partial charge is 0.420 e.